The maximum atomic E-state index is 10.5. The summed E-state index contributed by atoms with van der Waals surface area (Å²) in [7, 11) is 0. The zero-order chi connectivity index (χ0) is 8.15. The van der Waals surface area contributed by atoms with E-state index in [1.807, 2.05) is 13.8 Å². The molecule has 0 saturated heterocycles. The Bertz CT molecular complexity index is 129. The van der Waals surface area contributed by atoms with Crippen molar-refractivity contribution in [3.63, 3.8) is 0 Å². The quantitative estimate of drug-likeness (QED) is 0.609. The predicted molar refractivity (Wildman–Crippen MR) is 40.8 cm³/mol. The van der Waals surface area contributed by atoms with Gasteiger partial charge in [0, 0.05) is 0 Å². The fraction of sp³-hybridized carbons (Fsp3) is 0.625. The Morgan fingerprint density at radius 1 is 1.80 bits per heavy atom. The molecule has 0 aromatic rings. The largest absolute Gasteiger partial charge is 0.481 e. The van der Waals surface area contributed by atoms with Crippen LogP contribution in [0.2, 0.25) is 0 Å². The Kier molecular flexibility index (Phi) is 3.77. The zero-order valence-corrected chi connectivity index (χ0v) is 6.50. The Morgan fingerprint density at radius 2 is 2.30 bits per heavy atom. The topological polar surface area (TPSA) is 37.3 Å². The fourth-order valence-electron chi connectivity index (χ4n) is 0.830. The van der Waals surface area contributed by atoms with E-state index in [-0.39, 0.29) is 11.8 Å². The zero-order valence-electron chi connectivity index (χ0n) is 6.50. The maximum Gasteiger partial charge on any atom is 0.310 e. The standard InChI is InChI=1S/C8H14O2/c1-4-6(3)7(5-2)8(9)10/h5-7H,2,4H2,1,3H3,(H,9,10)/t6-,7-/m0/s1. The summed E-state index contributed by atoms with van der Waals surface area (Å²) in [6, 6.07) is 0. The monoisotopic (exact) mass is 142 g/mol. The minimum absolute atomic E-state index is 0.190. The van der Waals surface area contributed by atoms with E-state index in [0.717, 1.165) is 6.42 Å². The van der Waals surface area contributed by atoms with Gasteiger partial charge in [-0.2, -0.15) is 0 Å². The Morgan fingerprint density at radius 3 is 2.40 bits per heavy atom. The van der Waals surface area contributed by atoms with Crippen molar-refractivity contribution in [3.05, 3.63) is 12.7 Å². The summed E-state index contributed by atoms with van der Waals surface area (Å²) in [5.74, 6) is -0.968. The number of carboxylic acids is 1. The summed E-state index contributed by atoms with van der Waals surface area (Å²) in [4.78, 5) is 10.5. The minimum atomic E-state index is -0.774. The highest BCUT2D eigenvalue weighted by Gasteiger charge is 2.18. The first-order valence-electron chi connectivity index (χ1n) is 3.48. The van der Waals surface area contributed by atoms with Crippen LogP contribution in [0.4, 0.5) is 0 Å². The molecule has 0 rings (SSSR count). The van der Waals surface area contributed by atoms with Gasteiger partial charge in [0.15, 0.2) is 0 Å². The molecule has 0 spiro atoms. The van der Waals surface area contributed by atoms with Crippen molar-refractivity contribution in [3.8, 4) is 0 Å². The van der Waals surface area contributed by atoms with Gasteiger partial charge in [0.25, 0.3) is 0 Å². The van der Waals surface area contributed by atoms with Crippen molar-refractivity contribution in [2.75, 3.05) is 0 Å². The van der Waals surface area contributed by atoms with Crippen LogP contribution in [0, 0.1) is 11.8 Å². The van der Waals surface area contributed by atoms with Crippen LogP contribution in [-0.4, -0.2) is 11.1 Å². The van der Waals surface area contributed by atoms with Gasteiger partial charge in [-0.3, -0.25) is 4.79 Å². The van der Waals surface area contributed by atoms with E-state index in [4.69, 9.17) is 5.11 Å². The molecule has 2 nitrogen and oxygen atoms in total. The molecule has 2 atom stereocenters. The molecular weight excluding hydrogens is 128 g/mol. The molecule has 0 radical (unpaired) electrons. The second kappa shape index (κ2) is 4.09. The third kappa shape index (κ3) is 2.21. The highest BCUT2D eigenvalue weighted by atomic mass is 16.4. The summed E-state index contributed by atoms with van der Waals surface area (Å²) in [5.41, 5.74) is 0. The number of hydrogen-bond acceptors (Lipinski definition) is 1. The molecule has 0 unspecified atom stereocenters. The van der Waals surface area contributed by atoms with Crippen LogP contribution in [0.25, 0.3) is 0 Å². The van der Waals surface area contributed by atoms with Gasteiger partial charge in [0.05, 0.1) is 5.92 Å². The van der Waals surface area contributed by atoms with E-state index in [2.05, 4.69) is 6.58 Å². The molecule has 0 aromatic carbocycles. The van der Waals surface area contributed by atoms with Gasteiger partial charge in [0.2, 0.25) is 0 Å². The molecule has 0 aliphatic heterocycles. The van der Waals surface area contributed by atoms with E-state index in [1.165, 1.54) is 6.08 Å². The Balaban J connectivity index is 4.05. The molecule has 10 heavy (non-hydrogen) atoms. The smallest absolute Gasteiger partial charge is 0.310 e. The van der Waals surface area contributed by atoms with Gasteiger partial charge in [-0.1, -0.05) is 26.3 Å². The van der Waals surface area contributed by atoms with E-state index >= 15 is 0 Å². The lowest BCUT2D eigenvalue weighted by atomic mass is 9.92. The van der Waals surface area contributed by atoms with Crippen LogP contribution in [0.1, 0.15) is 20.3 Å². The Hall–Kier alpha value is -0.790. The average molecular weight is 142 g/mol. The highest BCUT2D eigenvalue weighted by molar-refractivity contribution is 5.72. The van der Waals surface area contributed by atoms with Gasteiger partial charge in [-0.15, -0.1) is 6.58 Å². The molecular formula is C8H14O2. The van der Waals surface area contributed by atoms with Crippen LogP contribution in [-0.2, 0) is 4.79 Å². The van der Waals surface area contributed by atoms with Crippen molar-refractivity contribution in [1.29, 1.82) is 0 Å². The van der Waals surface area contributed by atoms with Gasteiger partial charge in [-0.25, -0.2) is 0 Å². The maximum absolute atomic E-state index is 10.5. The van der Waals surface area contributed by atoms with Gasteiger partial charge in [0.1, 0.15) is 0 Å². The van der Waals surface area contributed by atoms with E-state index in [9.17, 15) is 4.79 Å². The number of carboxylic acid groups (broad SMARTS) is 1. The highest BCUT2D eigenvalue weighted by Crippen LogP contribution is 2.15. The molecule has 0 heterocycles. The summed E-state index contributed by atoms with van der Waals surface area (Å²) in [6.07, 6.45) is 2.37. The summed E-state index contributed by atoms with van der Waals surface area (Å²) < 4.78 is 0. The molecule has 0 aliphatic rings. The van der Waals surface area contributed by atoms with Crippen molar-refractivity contribution in [2.45, 2.75) is 20.3 Å². The molecule has 1 N–H and O–H groups in total. The van der Waals surface area contributed by atoms with Crippen molar-refractivity contribution >= 4 is 5.97 Å². The number of aliphatic carboxylic acids is 1. The summed E-state index contributed by atoms with van der Waals surface area (Å²) >= 11 is 0. The number of rotatable bonds is 4. The molecule has 0 saturated carbocycles. The first-order chi connectivity index (χ1) is 4.63. The van der Waals surface area contributed by atoms with Crippen molar-refractivity contribution in [1.82, 2.24) is 0 Å². The molecule has 0 fully saturated rings. The lowest BCUT2D eigenvalue weighted by Gasteiger charge is -2.13. The van der Waals surface area contributed by atoms with Crippen molar-refractivity contribution in [2.24, 2.45) is 11.8 Å². The van der Waals surface area contributed by atoms with Crippen LogP contribution in [0.5, 0.6) is 0 Å². The molecule has 0 amide bonds. The Labute approximate surface area is 61.6 Å². The average Bonchev–Trinajstić information content (AvgIpc) is 1.88. The van der Waals surface area contributed by atoms with E-state index in [1.54, 1.807) is 0 Å². The predicted octanol–water partition coefficient (Wildman–Crippen LogP) is 1.92. The number of hydrogen-bond donors (Lipinski definition) is 1. The molecule has 0 aromatic heterocycles. The van der Waals surface area contributed by atoms with E-state index < -0.39 is 5.97 Å². The number of carbonyl (C=O) groups is 1. The van der Waals surface area contributed by atoms with Crippen molar-refractivity contribution < 1.29 is 9.90 Å². The van der Waals surface area contributed by atoms with Crippen LogP contribution >= 0.6 is 0 Å². The van der Waals surface area contributed by atoms with Crippen LogP contribution < -0.4 is 0 Å². The van der Waals surface area contributed by atoms with Gasteiger partial charge in [-0.05, 0) is 5.92 Å². The third-order valence-corrected chi connectivity index (χ3v) is 1.80. The SMILES string of the molecule is C=C[C@H](C(=O)O)[C@@H](C)CC. The van der Waals surface area contributed by atoms with Gasteiger partial charge < -0.3 is 5.11 Å². The first-order valence-corrected chi connectivity index (χ1v) is 3.48. The van der Waals surface area contributed by atoms with Gasteiger partial charge >= 0.3 is 5.97 Å². The molecule has 2 heteroatoms. The summed E-state index contributed by atoms with van der Waals surface area (Å²) in [5, 5.41) is 8.60. The lowest BCUT2D eigenvalue weighted by Crippen LogP contribution is -2.18. The van der Waals surface area contributed by atoms with E-state index in [0.29, 0.717) is 0 Å². The second-order valence-corrected chi connectivity index (χ2v) is 2.49. The second-order valence-electron chi connectivity index (χ2n) is 2.49. The fourth-order valence-corrected chi connectivity index (χ4v) is 0.830. The van der Waals surface area contributed by atoms with Crippen LogP contribution in [0.3, 0.4) is 0 Å². The third-order valence-electron chi connectivity index (χ3n) is 1.80. The normalized spacial score (nSPS) is 15.8. The molecule has 58 valence electrons. The van der Waals surface area contributed by atoms with Crippen LogP contribution in [0.15, 0.2) is 12.7 Å². The molecule has 0 aliphatic carbocycles. The molecule has 0 bridgehead atoms. The summed E-state index contributed by atoms with van der Waals surface area (Å²) in [6.45, 7) is 7.36. The lowest BCUT2D eigenvalue weighted by molar-refractivity contribution is -0.141. The first kappa shape index (κ1) is 9.21. The minimum Gasteiger partial charge on any atom is -0.481 e.